The van der Waals surface area contributed by atoms with E-state index in [0.29, 0.717) is 24.1 Å². The number of aryl methyl sites for hydroxylation is 3. The van der Waals surface area contributed by atoms with Crippen LogP contribution < -0.4 is 9.03 Å². The molecule has 0 aromatic heterocycles. The van der Waals surface area contributed by atoms with Gasteiger partial charge >= 0.3 is 0 Å². The van der Waals surface area contributed by atoms with Crippen LogP contribution in [-0.4, -0.2) is 28.5 Å². The average molecular weight is 451 g/mol. The highest BCUT2D eigenvalue weighted by Crippen LogP contribution is 2.32. The van der Waals surface area contributed by atoms with Crippen molar-refractivity contribution in [3.05, 3.63) is 53.1 Å². The van der Waals surface area contributed by atoms with Gasteiger partial charge in [0.05, 0.1) is 27.9 Å². The van der Waals surface area contributed by atoms with Crippen molar-refractivity contribution >= 4 is 37.3 Å². The molecule has 1 amide bonds. The Morgan fingerprint density at radius 2 is 1.70 bits per heavy atom. The van der Waals surface area contributed by atoms with Gasteiger partial charge in [-0.1, -0.05) is 39.0 Å². The highest BCUT2D eigenvalue weighted by atomic mass is 32.2. The Labute approximate surface area is 178 Å². The normalized spacial score (nSPS) is 18.6. The lowest BCUT2D eigenvalue weighted by Crippen LogP contribution is -2.30. The monoisotopic (exact) mass is 450 g/mol. The quantitative estimate of drug-likeness (QED) is 0.728. The zero-order valence-corrected chi connectivity index (χ0v) is 19.1. The van der Waals surface area contributed by atoms with Crippen molar-refractivity contribution in [2.24, 2.45) is 5.92 Å². The van der Waals surface area contributed by atoms with Crippen molar-refractivity contribution in [2.75, 3.05) is 14.8 Å². The zero-order valence-electron chi connectivity index (χ0n) is 17.5. The molecule has 0 saturated carbocycles. The Morgan fingerprint density at radius 1 is 1.10 bits per heavy atom. The van der Waals surface area contributed by atoms with Gasteiger partial charge in [0.15, 0.2) is 0 Å². The SMILES string of the molecule is CCc1cccc(CC)c1NS(=O)(=O)c1ccc(N2C(=O)C(C)CS2(=O)=O)cc1C. The molecule has 2 aromatic rings. The summed E-state index contributed by atoms with van der Waals surface area (Å²) >= 11 is 0. The molecule has 7 nitrogen and oxygen atoms in total. The number of nitrogens with one attached hydrogen (secondary N) is 1. The average Bonchev–Trinajstić information content (AvgIpc) is 2.88. The van der Waals surface area contributed by atoms with Crippen LogP contribution in [0.3, 0.4) is 0 Å². The summed E-state index contributed by atoms with van der Waals surface area (Å²) in [5, 5.41) is 0. The number of amides is 1. The minimum Gasteiger partial charge on any atom is -0.279 e. The van der Waals surface area contributed by atoms with Crippen molar-refractivity contribution in [3.63, 3.8) is 0 Å². The minimum atomic E-state index is -3.91. The van der Waals surface area contributed by atoms with E-state index in [-0.39, 0.29) is 16.3 Å². The summed E-state index contributed by atoms with van der Waals surface area (Å²) < 4.78 is 54.4. The van der Waals surface area contributed by atoms with Gasteiger partial charge in [0, 0.05) is 0 Å². The van der Waals surface area contributed by atoms with Crippen LogP contribution in [-0.2, 0) is 37.7 Å². The first-order valence-corrected chi connectivity index (χ1v) is 12.9. The third kappa shape index (κ3) is 3.96. The second kappa shape index (κ2) is 8.03. The van der Waals surface area contributed by atoms with Crippen molar-refractivity contribution in [2.45, 2.75) is 45.4 Å². The fraction of sp³-hybridized carbons (Fsp3) is 0.381. The molecule has 3 rings (SSSR count). The molecular weight excluding hydrogens is 424 g/mol. The van der Waals surface area contributed by atoms with Crippen LogP contribution >= 0.6 is 0 Å². The van der Waals surface area contributed by atoms with Gasteiger partial charge in [-0.25, -0.2) is 21.1 Å². The maximum atomic E-state index is 13.1. The van der Waals surface area contributed by atoms with Crippen LogP contribution in [0.25, 0.3) is 0 Å². The number of rotatable bonds is 6. The zero-order chi connectivity index (χ0) is 22.3. The van der Waals surface area contributed by atoms with Crippen LogP contribution in [0.1, 0.15) is 37.5 Å². The molecule has 0 radical (unpaired) electrons. The molecule has 2 aromatic carbocycles. The highest BCUT2D eigenvalue weighted by Gasteiger charge is 2.42. The Kier molecular flexibility index (Phi) is 5.97. The Morgan fingerprint density at radius 3 is 2.17 bits per heavy atom. The van der Waals surface area contributed by atoms with E-state index >= 15 is 0 Å². The second-order valence-electron chi connectivity index (χ2n) is 7.50. The molecule has 1 fully saturated rings. The molecule has 30 heavy (non-hydrogen) atoms. The predicted molar refractivity (Wildman–Crippen MR) is 118 cm³/mol. The van der Waals surface area contributed by atoms with Crippen LogP contribution in [0.4, 0.5) is 11.4 Å². The lowest BCUT2D eigenvalue weighted by Gasteiger charge is -2.19. The van der Waals surface area contributed by atoms with Gasteiger partial charge in [-0.3, -0.25) is 9.52 Å². The number of carbonyl (C=O) groups excluding carboxylic acids is 1. The molecule has 9 heteroatoms. The summed E-state index contributed by atoms with van der Waals surface area (Å²) in [6, 6.07) is 9.81. The van der Waals surface area contributed by atoms with Crippen molar-refractivity contribution in [1.29, 1.82) is 0 Å². The fourth-order valence-corrected chi connectivity index (χ4v) is 6.89. The Hall–Kier alpha value is -2.39. The van der Waals surface area contributed by atoms with Crippen LogP contribution in [0.2, 0.25) is 0 Å². The molecule has 162 valence electrons. The summed E-state index contributed by atoms with van der Waals surface area (Å²) in [7, 11) is -7.66. The van der Waals surface area contributed by atoms with Crippen molar-refractivity contribution < 1.29 is 21.6 Å². The molecule has 1 aliphatic rings. The van der Waals surface area contributed by atoms with E-state index in [4.69, 9.17) is 0 Å². The molecule has 1 saturated heterocycles. The summed E-state index contributed by atoms with van der Waals surface area (Å²) in [5.41, 5.74) is 2.89. The van der Waals surface area contributed by atoms with Gasteiger partial charge in [0.1, 0.15) is 0 Å². The molecule has 1 N–H and O–H groups in total. The summed E-state index contributed by atoms with van der Waals surface area (Å²) in [6.45, 7) is 7.06. The van der Waals surface area contributed by atoms with Gasteiger partial charge in [-0.15, -0.1) is 0 Å². The van der Waals surface area contributed by atoms with Crippen LogP contribution in [0, 0.1) is 12.8 Å². The van der Waals surface area contributed by atoms with Crippen LogP contribution in [0.5, 0.6) is 0 Å². The largest absolute Gasteiger partial charge is 0.279 e. The maximum Gasteiger partial charge on any atom is 0.262 e. The molecule has 1 atom stereocenters. The molecule has 0 aliphatic carbocycles. The van der Waals surface area contributed by atoms with Crippen molar-refractivity contribution in [3.8, 4) is 0 Å². The van der Waals surface area contributed by atoms with Gasteiger partial charge in [-0.2, -0.15) is 0 Å². The van der Waals surface area contributed by atoms with E-state index in [1.807, 2.05) is 32.0 Å². The number of anilines is 2. The lowest BCUT2D eigenvalue weighted by molar-refractivity contribution is -0.119. The molecule has 0 spiro atoms. The summed E-state index contributed by atoms with van der Waals surface area (Å²) in [4.78, 5) is 12.4. The first-order chi connectivity index (χ1) is 14.0. The number of benzene rings is 2. The summed E-state index contributed by atoms with van der Waals surface area (Å²) in [5.74, 6) is -1.38. The van der Waals surface area contributed by atoms with E-state index < -0.39 is 31.9 Å². The fourth-order valence-electron chi connectivity index (χ4n) is 3.71. The van der Waals surface area contributed by atoms with Gasteiger partial charge in [-0.05, 0) is 54.7 Å². The number of carbonyl (C=O) groups is 1. The number of nitrogens with zero attached hydrogens (tertiary/aromatic N) is 1. The third-order valence-corrected chi connectivity index (χ3v) is 8.66. The van der Waals surface area contributed by atoms with Crippen molar-refractivity contribution in [1.82, 2.24) is 0 Å². The topological polar surface area (TPSA) is 101 Å². The first-order valence-electron chi connectivity index (χ1n) is 9.83. The van der Waals surface area contributed by atoms with E-state index in [2.05, 4.69) is 4.72 Å². The highest BCUT2D eigenvalue weighted by molar-refractivity contribution is 7.94. The third-order valence-electron chi connectivity index (χ3n) is 5.28. The van der Waals surface area contributed by atoms with E-state index in [1.54, 1.807) is 13.8 Å². The smallest absolute Gasteiger partial charge is 0.262 e. The molecular formula is C21H26N2O5S2. The van der Waals surface area contributed by atoms with Crippen LogP contribution in [0.15, 0.2) is 41.3 Å². The molecule has 1 aliphatic heterocycles. The number of hydrogen-bond acceptors (Lipinski definition) is 5. The Balaban J connectivity index is 2.01. The first kappa shape index (κ1) is 22.3. The molecule has 0 bridgehead atoms. The van der Waals surface area contributed by atoms with E-state index in [0.717, 1.165) is 15.4 Å². The maximum absolute atomic E-state index is 13.1. The summed E-state index contributed by atoms with van der Waals surface area (Å²) in [6.07, 6.45) is 1.35. The number of hydrogen-bond donors (Lipinski definition) is 1. The second-order valence-corrected chi connectivity index (χ2v) is 11.0. The van der Waals surface area contributed by atoms with Gasteiger partial charge in [0.2, 0.25) is 15.9 Å². The minimum absolute atomic E-state index is 0.0382. The van der Waals surface area contributed by atoms with E-state index in [9.17, 15) is 21.6 Å². The van der Waals surface area contributed by atoms with Gasteiger partial charge in [0.25, 0.3) is 10.0 Å². The van der Waals surface area contributed by atoms with E-state index in [1.165, 1.54) is 18.2 Å². The standard InChI is InChI=1S/C21H26N2O5S2/c1-5-16-8-7-9-17(6-2)20(16)22-30(27,28)19-11-10-18(12-14(19)3)23-21(24)15(4)13-29(23,25)26/h7-12,15,22H,5-6,13H2,1-4H3. The Bertz CT molecular complexity index is 1180. The lowest BCUT2D eigenvalue weighted by atomic mass is 10.0. The van der Waals surface area contributed by atoms with Gasteiger partial charge < -0.3 is 0 Å². The molecule has 1 unspecified atom stereocenters. The number of sulfonamides is 2. The molecule has 1 heterocycles. The number of para-hydroxylation sites is 1. The predicted octanol–water partition coefficient (Wildman–Crippen LogP) is 3.23.